The maximum Gasteiger partial charge on any atom is 0.306 e. The van der Waals surface area contributed by atoms with Crippen molar-refractivity contribution in [2.24, 2.45) is 0 Å². The first-order valence-electron chi connectivity index (χ1n) is 4.94. The van der Waals surface area contributed by atoms with E-state index in [1.54, 1.807) is 0 Å². The molecule has 1 aromatic rings. The zero-order valence-corrected chi connectivity index (χ0v) is 9.83. The van der Waals surface area contributed by atoms with Crippen LogP contribution < -0.4 is 0 Å². The predicted molar refractivity (Wildman–Crippen MR) is 62.7 cm³/mol. The van der Waals surface area contributed by atoms with Gasteiger partial charge >= 0.3 is 5.71 Å². The van der Waals surface area contributed by atoms with Crippen molar-refractivity contribution in [2.45, 2.75) is 10.8 Å². The summed E-state index contributed by atoms with van der Waals surface area (Å²) in [4.78, 5) is 13.7. The van der Waals surface area contributed by atoms with Crippen LogP contribution in [0.5, 0.6) is 0 Å². The van der Waals surface area contributed by atoms with E-state index in [-0.39, 0.29) is 16.2 Å². The number of fused-ring (bicyclic) bond motifs is 1. The maximum atomic E-state index is 11.2. The average molecular weight is 264 g/mol. The molecule has 6 nitrogen and oxygen atoms in total. The number of allylic oxidation sites excluding steroid dienone is 1. The highest BCUT2D eigenvalue weighted by molar-refractivity contribution is 7.85. The smallest absolute Gasteiger partial charge is 0.306 e. The standard InChI is InChI=1S/C11H8N2O4S/c12-13-10-5-4-8-7(9(10)6-14)2-1-3-11(8)18(15,16)17/h1-6,9H,(H,15,16,17). The average Bonchev–Trinajstić information content (AvgIpc) is 2.35. The molecule has 0 saturated carbocycles. The van der Waals surface area contributed by atoms with Crippen LogP contribution in [0.3, 0.4) is 0 Å². The van der Waals surface area contributed by atoms with Gasteiger partial charge in [-0.15, -0.1) is 0 Å². The fraction of sp³-hybridized carbons (Fsp3) is 0.0909. The molecular weight excluding hydrogens is 256 g/mol. The van der Waals surface area contributed by atoms with E-state index in [4.69, 9.17) is 10.1 Å². The molecule has 0 fully saturated rings. The Morgan fingerprint density at radius 1 is 1.33 bits per heavy atom. The van der Waals surface area contributed by atoms with E-state index >= 15 is 0 Å². The molecule has 0 spiro atoms. The Morgan fingerprint density at radius 2 is 2.06 bits per heavy atom. The monoisotopic (exact) mass is 264 g/mol. The van der Waals surface area contributed by atoms with Gasteiger partial charge in [0.25, 0.3) is 10.1 Å². The number of carbonyl (C=O) groups is 1. The molecule has 0 heterocycles. The van der Waals surface area contributed by atoms with Gasteiger partial charge in [-0.2, -0.15) is 13.2 Å². The van der Waals surface area contributed by atoms with E-state index in [2.05, 4.69) is 4.79 Å². The molecular formula is C11H8N2O4S. The van der Waals surface area contributed by atoms with Crippen LogP contribution in [-0.4, -0.2) is 29.8 Å². The Labute approximate surface area is 103 Å². The second kappa shape index (κ2) is 4.30. The lowest BCUT2D eigenvalue weighted by Crippen LogP contribution is -2.19. The summed E-state index contributed by atoms with van der Waals surface area (Å²) in [5.41, 5.74) is 9.47. The van der Waals surface area contributed by atoms with Crippen LogP contribution >= 0.6 is 0 Å². The summed E-state index contributed by atoms with van der Waals surface area (Å²) in [5.74, 6) is -0.850. The number of carbonyl (C=O) groups excluding carboxylic acids is 1. The van der Waals surface area contributed by atoms with E-state index in [1.165, 1.54) is 30.4 Å². The topological polar surface area (TPSA) is 108 Å². The number of nitrogens with zero attached hydrogens (tertiary/aromatic N) is 2. The van der Waals surface area contributed by atoms with Gasteiger partial charge < -0.3 is 10.3 Å². The lowest BCUT2D eigenvalue weighted by molar-refractivity contribution is -0.108. The van der Waals surface area contributed by atoms with Gasteiger partial charge in [0.1, 0.15) is 17.1 Å². The number of aldehydes is 1. The van der Waals surface area contributed by atoms with Crippen LogP contribution in [0.15, 0.2) is 29.2 Å². The summed E-state index contributed by atoms with van der Waals surface area (Å²) >= 11 is 0. The Morgan fingerprint density at radius 3 is 2.61 bits per heavy atom. The van der Waals surface area contributed by atoms with Gasteiger partial charge in [-0.05, 0) is 17.7 Å². The second-order valence-electron chi connectivity index (χ2n) is 3.71. The number of rotatable bonds is 2. The Bertz CT molecular complexity index is 700. The molecule has 0 saturated heterocycles. The molecule has 1 unspecified atom stereocenters. The van der Waals surface area contributed by atoms with Crippen LogP contribution in [0.25, 0.3) is 11.6 Å². The Hall–Kier alpha value is -2.08. The first-order chi connectivity index (χ1) is 8.49. The lowest BCUT2D eigenvalue weighted by Gasteiger charge is -2.15. The highest BCUT2D eigenvalue weighted by atomic mass is 32.2. The summed E-state index contributed by atoms with van der Waals surface area (Å²) in [6, 6.07) is 4.19. The molecule has 1 aromatic carbocycles. The van der Waals surface area contributed by atoms with Gasteiger partial charge in [-0.3, -0.25) is 4.55 Å². The minimum absolute atomic E-state index is 0.116. The third-order valence-electron chi connectivity index (χ3n) is 2.70. The van der Waals surface area contributed by atoms with E-state index in [0.717, 1.165) is 0 Å². The SMILES string of the molecule is [N-]=[N+]=C1C=Cc2c(cccc2S(=O)(=O)O)C1C=O. The third-order valence-corrected chi connectivity index (χ3v) is 3.62. The fourth-order valence-corrected chi connectivity index (χ4v) is 2.62. The molecule has 1 aliphatic carbocycles. The minimum atomic E-state index is -4.37. The van der Waals surface area contributed by atoms with E-state index in [0.29, 0.717) is 11.8 Å². The van der Waals surface area contributed by atoms with E-state index in [9.17, 15) is 13.2 Å². The molecule has 1 atom stereocenters. The molecule has 0 aromatic heterocycles. The molecule has 1 aliphatic rings. The van der Waals surface area contributed by atoms with Crippen molar-refractivity contribution in [3.05, 3.63) is 40.9 Å². The molecule has 0 amide bonds. The second-order valence-corrected chi connectivity index (χ2v) is 5.10. The van der Waals surface area contributed by atoms with Gasteiger partial charge in [-0.25, -0.2) is 0 Å². The number of hydrogen-bond donors (Lipinski definition) is 1. The summed E-state index contributed by atoms with van der Waals surface area (Å²) < 4.78 is 31.5. The quantitative estimate of drug-likeness (QED) is 0.370. The van der Waals surface area contributed by atoms with Gasteiger partial charge in [0.2, 0.25) is 0 Å². The normalized spacial score (nSPS) is 18.1. The number of benzene rings is 1. The van der Waals surface area contributed by atoms with Gasteiger partial charge in [0.15, 0.2) is 0 Å². The van der Waals surface area contributed by atoms with Crippen molar-refractivity contribution in [1.82, 2.24) is 0 Å². The molecule has 0 aliphatic heterocycles. The van der Waals surface area contributed by atoms with Crippen molar-refractivity contribution in [3.8, 4) is 0 Å². The van der Waals surface area contributed by atoms with Gasteiger partial charge in [0, 0.05) is 11.6 Å². The fourth-order valence-electron chi connectivity index (χ4n) is 1.91. The van der Waals surface area contributed by atoms with E-state index < -0.39 is 16.0 Å². The Balaban J connectivity index is 2.78. The van der Waals surface area contributed by atoms with E-state index in [1.807, 2.05) is 0 Å². The molecule has 92 valence electrons. The molecule has 1 N–H and O–H groups in total. The molecule has 0 radical (unpaired) electrons. The van der Waals surface area contributed by atoms with Gasteiger partial charge in [0.05, 0.1) is 0 Å². The van der Waals surface area contributed by atoms with Crippen LogP contribution in [0.2, 0.25) is 0 Å². The van der Waals surface area contributed by atoms with Crippen molar-refractivity contribution < 1.29 is 22.6 Å². The molecule has 7 heteroatoms. The van der Waals surface area contributed by atoms with Crippen molar-refractivity contribution in [2.75, 3.05) is 0 Å². The van der Waals surface area contributed by atoms with Crippen LogP contribution in [0.1, 0.15) is 17.0 Å². The first-order valence-corrected chi connectivity index (χ1v) is 6.38. The van der Waals surface area contributed by atoms with Crippen LogP contribution in [0, 0.1) is 0 Å². The molecule has 0 bridgehead atoms. The maximum absolute atomic E-state index is 11.2. The zero-order valence-electron chi connectivity index (χ0n) is 9.02. The van der Waals surface area contributed by atoms with Crippen molar-refractivity contribution in [3.63, 3.8) is 0 Å². The lowest BCUT2D eigenvalue weighted by atomic mass is 9.87. The van der Waals surface area contributed by atoms with Crippen LogP contribution in [0.4, 0.5) is 0 Å². The molecule has 18 heavy (non-hydrogen) atoms. The largest absolute Gasteiger partial charge is 0.361 e. The summed E-state index contributed by atoms with van der Waals surface area (Å²) in [5, 5.41) is 0. The van der Waals surface area contributed by atoms with Gasteiger partial charge in [-0.1, -0.05) is 12.1 Å². The first kappa shape index (κ1) is 12.4. The van der Waals surface area contributed by atoms with Crippen molar-refractivity contribution >= 4 is 28.2 Å². The summed E-state index contributed by atoms with van der Waals surface area (Å²) in [6.07, 6.45) is 3.26. The summed E-state index contributed by atoms with van der Waals surface area (Å²) in [7, 11) is -4.37. The number of hydrogen-bond acceptors (Lipinski definition) is 3. The van der Waals surface area contributed by atoms with Crippen LogP contribution in [-0.2, 0) is 14.9 Å². The molecule has 2 rings (SSSR count). The highest BCUT2D eigenvalue weighted by Crippen LogP contribution is 2.30. The van der Waals surface area contributed by atoms with Crippen molar-refractivity contribution in [1.29, 1.82) is 0 Å². The minimum Gasteiger partial charge on any atom is -0.361 e. The highest BCUT2D eigenvalue weighted by Gasteiger charge is 2.31. The predicted octanol–water partition coefficient (Wildman–Crippen LogP) is 0.913. The third kappa shape index (κ3) is 1.91. The summed E-state index contributed by atoms with van der Waals surface area (Å²) in [6.45, 7) is 0. The zero-order chi connectivity index (χ0) is 13.3. The Kier molecular flexibility index (Phi) is 2.96.